The van der Waals surface area contributed by atoms with Crippen molar-refractivity contribution in [2.24, 2.45) is 5.92 Å². The monoisotopic (exact) mass is 434 g/mol. The van der Waals surface area contributed by atoms with Gasteiger partial charge < -0.3 is 10.1 Å². The van der Waals surface area contributed by atoms with Crippen LogP contribution in [0.2, 0.25) is 0 Å². The normalized spacial score (nSPS) is 17.5. The van der Waals surface area contributed by atoms with Crippen LogP contribution in [0, 0.1) is 11.7 Å². The molecular weight excluding hydrogens is 407 g/mol. The number of ether oxygens (including phenoxy) is 1. The number of carbonyl (C=O) groups is 1. The van der Waals surface area contributed by atoms with Gasteiger partial charge in [0.25, 0.3) is 0 Å². The fraction of sp³-hybridized carbons (Fsp3) is 0.409. The van der Waals surface area contributed by atoms with E-state index < -0.39 is 10.0 Å². The third-order valence-corrected chi connectivity index (χ3v) is 7.07. The summed E-state index contributed by atoms with van der Waals surface area (Å²) < 4.78 is 44.8. The Kier molecular flexibility index (Phi) is 7.44. The molecule has 0 aliphatic carbocycles. The Hall–Kier alpha value is -2.45. The van der Waals surface area contributed by atoms with E-state index in [1.807, 2.05) is 6.92 Å². The summed E-state index contributed by atoms with van der Waals surface area (Å²) in [7, 11) is -3.31. The second kappa shape index (κ2) is 10.0. The molecule has 1 saturated heterocycles. The van der Waals surface area contributed by atoms with Gasteiger partial charge >= 0.3 is 0 Å². The molecule has 0 bridgehead atoms. The lowest BCUT2D eigenvalue weighted by molar-refractivity contribution is -0.120. The van der Waals surface area contributed by atoms with Crippen LogP contribution in [0.4, 0.5) is 10.1 Å². The summed E-state index contributed by atoms with van der Waals surface area (Å²) in [6, 6.07) is 13.1. The zero-order valence-electron chi connectivity index (χ0n) is 17.0. The SMILES string of the molecule is CCCS(=O)(=O)N1CCCC(C(=O)Nc2cccc(OCc3ccc(F)cc3)c2)C1. The molecule has 0 radical (unpaired) electrons. The molecule has 0 spiro atoms. The molecule has 1 unspecified atom stereocenters. The molecule has 8 heteroatoms. The Labute approximate surface area is 177 Å². The van der Waals surface area contributed by atoms with Crippen molar-refractivity contribution in [1.29, 1.82) is 0 Å². The summed E-state index contributed by atoms with van der Waals surface area (Å²) in [4.78, 5) is 12.7. The second-order valence-electron chi connectivity index (χ2n) is 7.45. The molecule has 1 amide bonds. The minimum Gasteiger partial charge on any atom is -0.489 e. The fourth-order valence-corrected chi connectivity index (χ4v) is 5.04. The number of anilines is 1. The number of hydrogen-bond acceptors (Lipinski definition) is 4. The summed E-state index contributed by atoms with van der Waals surface area (Å²) in [6.45, 7) is 2.80. The molecule has 2 aromatic carbocycles. The molecule has 1 aliphatic heterocycles. The molecule has 1 heterocycles. The number of benzene rings is 2. The van der Waals surface area contributed by atoms with Crippen molar-refractivity contribution in [3.63, 3.8) is 0 Å². The Bertz CT molecular complexity index is 963. The lowest BCUT2D eigenvalue weighted by Gasteiger charge is -2.31. The smallest absolute Gasteiger partial charge is 0.228 e. The van der Waals surface area contributed by atoms with Gasteiger partial charge in [-0.2, -0.15) is 0 Å². The van der Waals surface area contributed by atoms with Crippen molar-refractivity contribution < 1.29 is 22.3 Å². The first-order chi connectivity index (χ1) is 14.4. The molecule has 2 aromatic rings. The van der Waals surface area contributed by atoms with Gasteiger partial charge in [0.15, 0.2) is 0 Å². The highest BCUT2D eigenvalue weighted by Crippen LogP contribution is 2.23. The molecule has 3 rings (SSSR count). The summed E-state index contributed by atoms with van der Waals surface area (Å²) >= 11 is 0. The van der Waals surface area contributed by atoms with E-state index in [0.717, 1.165) is 5.56 Å². The molecule has 0 aromatic heterocycles. The lowest BCUT2D eigenvalue weighted by Crippen LogP contribution is -2.44. The molecule has 30 heavy (non-hydrogen) atoms. The fourth-order valence-electron chi connectivity index (χ4n) is 3.45. The first-order valence-electron chi connectivity index (χ1n) is 10.1. The molecule has 162 valence electrons. The summed E-state index contributed by atoms with van der Waals surface area (Å²) in [5.41, 5.74) is 1.42. The van der Waals surface area contributed by atoms with E-state index in [0.29, 0.717) is 37.2 Å². The van der Waals surface area contributed by atoms with Gasteiger partial charge in [0.2, 0.25) is 15.9 Å². The van der Waals surface area contributed by atoms with Crippen molar-refractivity contribution in [2.45, 2.75) is 32.8 Å². The predicted octanol–water partition coefficient (Wildman–Crippen LogP) is 3.80. The summed E-state index contributed by atoms with van der Waals surface area (Å²) in [5, 5.41) is 2.87. The average molecular weight is 435 g/mol. The second-order valence-corrected chi connectivity index (χ2v) is 9.53. The highest BCUT2D eigenvalue weighted by Gasteiger charge is 2.31. The van der Waals surface area contributed by atoms with Gasteiger partial charge in [-0.05, 0) is 49.1 Å². The number of amides is 1. The minimum atomic E-state index is -3.31. The van der Waals surface area contributed by atoms with Crippen LogP contribution in [0.3, 0.4) is 0 Å². The van der Waals surface area contributed by atoms with Crippen molar-refractivity contribution in [1.82, 2.24) is 4.31 Å². The molecule has 1 aliphatic rings. The molecule has 1 fully saturated rings. The maximum atomic E-state index is 13.0. The van der Waals surface area contributed by atoms with Crippen LogP contribution in [0.15, 0.2) is 48.5 Å². The van der Waals surface area contributed by atoms with E-state index in [9.17, 15) is 17.6 Å². The molecule has 1 N–H and O–H groups in total. The van der Waals surface area contributed by atoms with Crippen LogP contribution in [0.25, 0.3) is 0 Å². The van der Waals surface area contributed by atoms with Crippen LogP contribution in [-0.4, -0.2) is 37.5 Å². The molecule has 1 atom stereocenters. The van der Waals surface area contributed by atoms with Gasteiger partial charge in [0, 0.05) is 24.8 Å². The maximum Gasteiger partial charge on any atom is 0.228 e. The molecule has 6 nitrogen and oxygen atoms in total. The number of rotatable bonds is 8. The van der Waals surface area contributed by atoms with E-state index in [-0.39, 0.29) is 36.5 Å². The van der Waals surface area contributed by atoms with Gasteiger partial charge in [-0.15, -0.1) is 0 Å². The average Bonchev–Trinajstić information content (AvgIpc) is 2.74. The van der Waals surface area contributed by atoms with Crippen LogP contribution in [-0.2, 0) is 21.4 Å². The Morgan fingerprint density at radius 2 is 2.00 bits per heavy atom. The van der Waals surface area contributed by atoms with Gasteiger partial charge in [0.1, 0.15) is 18.2 Å². The number of nitrogens with zero attached hydrogens (tertiary/aromatic N) is 1. The zero-order valence-corrected chi connectivity index (χ0v) is 17.8. The number of halogens is 1. The van der Waals surface area contributed by atoms with Crippen LogP contribution in [0.5, 0.6) is 5.75 Å². The highest BCUT2D eigenvalue weighted by molar-refractivity contribution is 7.89. The first kappa shape index (κ1) is 22.2. The minimum absolute atomic E-state index is 0.106. The van der Waals surface area contributed by atoms with Crippen molar-refractivity contribution in [3.8, 4) is 5.75 Å². The third-order valence-electron chi connectivity index (χ3n) is 5.03. The van der Waals surface area contributed by atoms with E-state index >= 15 is 0 Å². The van der Waals surface area contributed by atoms with E-state index in [2.05, 4.69) is 5.32 Å². The van der Waals surface area contributed by atoms with Crippen LogP contribution in [0.1, 0.15) is 31.7 Å². The predicted molar refractivity (Wildman–Crippen MR) is 114 cm³/mol. The van der Waals surface area contributed by atoms with Crippen LogP contribution >= 0.6 is 0 Å². The van der Waals surface area contributed by atoms with Gasteiger partial charge in [-0.25, -0.2) is 17.1 Å². The van der Waals surface area contributed by atoms with Gasteiger partial charge in [-0.1, -0.05) is 25.1 Å². The number of piperidine rings is 1. The quantitative estimate of drug-likeness (QED) is 0.686. The van der Waals surface area contributed by atoms with Crippen molar-refractivity contribution in [2.75, 3.05) is 24.2 Å². The Morgan fingerprint density at radius 1 is 1.23 bits per heavy atom. The van der Waals surface area contributed by atoms with Crippen molar-refractivity contribution in [3.05, 3.63) is 59.9 Å². The molecular formula is C22H27FN2O4S. The Morgan fingerprint density at radius 3 is 2.73 bits per heavy atom. The van der Waals surface area contributed by atoms with E-state index in [1.165, 1.54) is 16.4 Å². The zero-order chi connectivity index (χ0) is 21.6. The standard InChI is InChI=1S/C22H27FN2O4S/c1-2-13-30(27,28)25-12-4-5-18(15-25)22(26)24-20-6-3-7-21(14-20)29-16-17-8-10-19(23)11-9-17/h3,6-11,14,18H,2,4-5,12-13,15-16H2,1H3,(H,24,26). The molecule has 0 saturated carbocycles. The number of nitrogens with one attached hydrogen (secondary N) is 1. The lowest BCUT2D eigenvalue weighted by atomic mass is 9.98. The van der Waals surface area contributed by atoms with E-state index in [4.69, 9.17) is 4.74 Å². The largest absolute Gasteiger partial charge is 0.489 e. The number of hydrogen-bond donors (Lipinski definition) is 1. The summed E-state index contributed by atoms with van der Waals surface area (Å²) in [6.07, 6.45) is 1.88. The first-order valence-corrected chi connectivity index (χ1v) is 11.7. The highest BCUT2D eigenvalue weighted by atomic mass is 32.2. The third kappa shape index (κ3) is 6.03. The van der Waals surface area contributed by atoms with Gasteiger partial charge in [-0.3, -0.25) is 4.79 Å². The van der Waals surface area contributed by atoms with Gasteiger partial charge in [0.05, 0.1) is 11.7 Å². The van der Waals surface area contributed by atoms with Crippen LogP contribution < -0.4 is 10.1 Å². The maximum absolute atomic E-state index is 13.0. The van der Waals surface area contributed by atoms with Crippen molar-refractivity contribution >= 4 is 21.6 Å². The summed E-state index contributed by atoms with van der Waals surface area (Å²) in [5.74, 6) is -0.189. The number of sulfonamides is 1. The number of carbonyl (C=O) groups excluding carboxylic acids is 1. The Balaban J connectivity index is 1.58. The van der Waals surface area contributed by atoms with E-state index in [1.54, 1.807) is 36.4 Å². The topological polar surface area (TPSA) is 75.7 Å².